The van der Waals surface area contributed by atoms with Crippen molar-refractivity contribution >= 4 is 20.9 Å². The zero-order valence-corrected chi connectivity index (χ0v) is 23.4. The maximum atomic E-state index is 13.9. The van der Waals surface area contributed by atoms with Crippen molar-refractivity contribution in [2.75, 3.05) is 21.3 Å². The van der Waals surface area contributed by atoms with Gasteiger partial charge >= 0.3 is 0 Å². The number of aromatic nitrogens is 2. The van der Waals surface area contributed by atoms with Crippen LogP contribution in [0.1, 0.15) is 18.8 Å². The zero-order valence-electron chi connectivity index (χ0n) is 22.6. The molecule has 4 aromatic carbocycles. The number of fused-ring (bicyclic) bond motifs is 1. The van der Waals surface area contributed by atoms with Gasteiger partial charge in [-0.3, -0.25) is 9.36 Å². The van der Waals surface area contributed by atoms with Gasteiger partial charge in [0.25, 0.3) is 5.56 Å². The number of para-hydroxylation sites is 1. The van der Waals surface area contributed by atoms with Gasteiger partial charge in [0, 0.05) is 7.05 Å². The van der Waals surface area contributed by atoms with Gasteiger partial charge in [0.05, 0.1) is 36.2 Å². The molecule has 40 heavy (non-hydrogen) atoms. The molecule has 0 N–H and O–H groups in total. The van der Waals surface area contributed by atoms with Crippen molar-refractivity contribution in [2.24, 2.45) is 0 Å². The zero-order chi connectivity index (χ0) is 28.4. The maximum Gasteiger partial charge on any atom is 0.266 e. The second kappa shape index (κ2) is 11.0. The molecule has 0 bridgehead atoms. The minimum Gasteiger partial charge on any atom is -0.497 e. The van der Waals surface area contributed by atoms with Gasteiger partial charge in [-0.25, -0.2) is 13.4 Å². The molecule has 8 nitrogen and oxygen atoms in total. The highest BCUT2D eigenvalue weighted by Gasteiger charge is 2.30. The molecule has 1 unspecified atom stereocenters. The van der Waals surface area contributed by atoms with Crippen LogP contribution in [-0.2, 0) is 10.0 Å². The third-order valence-corrected chi connectivity index (χ3v) is 8.94. The fourth-order valence-corrected chi connectivity index (χ4v) is 5.94. The van der Waals surface area contributed by atoms with Gasteiger partial charge in [0.1, 0.15) is 22.8 Å². The molecule has 5 aromatic rings. The Balaban J connectivity index is 1.62. The molecule has 9 heteroatoms. The predicted molar refractivity (Wildman–Crippen MR) is 156 cm³/mol. The lowest BCUT2D eigenvalue weighted by atomic mass is 10.1. The third kappa shape index (κ3) is 4.85. The fourth-order valence-electron chi connectivity index (χ4n) is 4.61. The van der Waals surface area contributed by atoms with E-state index in [4.69, 9.17) is 14.5 Å². The summed E-state index contributed by atoms with van der Waals surface area (Å²) in [5.74, 6) is 1.30. The molecule has 0 aliphatic heterocycles. The molecule has 0 aliphatic carbocycles. The average molecular weight is 556 g/mol. The molecule has 0 fully saturated rings. The van der Waals surface area contributed by atoms with Crippen molar-refractivity contribution in [3.05, 3.63) is 113 Å². The minimum absolute atomic E-state index is 0.137. The largest absolute Gasteiger partial charge is 0.497 e. The predicted octanol–water partition coefficient (Wildman–Crippen LogP) is 5.45. The summed E-state index contributed by atoms with van der Waals surface area (Å²) >= 11 is 0. The molecule has 1 atom stereocenters. The van der Waals surface area contributed by atoms with Gasteiger partial charge in [-0.1, -0.05) is 48.5 Å². The van der Waals surface area contributed by atoms with Gasteiger partial charge in [-0.05, 0) is 66.6 Å². The second-order valence-electron chi connectivity index (χ2n) is 9.25. The summed E-state index contributed by atoms with van der Waals surface area (Å²) in [5, 5.41) is 0.355. The first-order valence-corrected chi connectivity index (χ1v) is 14.1. The van der Waals surface area contributed by atoms with Gasteiger partial charge < -0.3 is 9.47 Å². The van der Waals surface area contributed by atoms with Crippen LogP contribution in [0, 0.1) is 0 Å². The van der Waals surface area contributed by atoms with Crippen LogP contribution in [0.15, 0.2) is 107 Å². The number of sulfonamides is 1. The van der Waals surface area contributed by atoms with Crippen LogP contribution in [-0.4, -0.2) is 43.5 Å². The van der Waals surface area contributed by atoms with Gasteiger partial charge in [0.2, 0.25) is 10.0 Å². The van der Waals surface area contributed by atoms with E-state index in [0.29, 0.717) is 28.1 Å². The smallest absolute Gasteiger partial charge is 0.266 e. The molecular formula is C31H29N3O5S. The van der Waals surface area contributed by atoms with E-state index >= 15 is 0 Å². The molecule has 204 valence electrons. The van der Waals surface area contributed by atoms with E-state index in [-0.39, 0.29) is 16.3 Å². The summed E-state index contributed by atoms with van der Waals surface area (Å²) < 4.78 is 41.0. The molecule has 1 heterocycles. The van der Waals surface area contributed by atoms with Crippen molar-refractivity contribution in [3.63, 3.8) is 0 Å². The van der Waals surface area contributed by atoms with Gasteiger partial charge in [-0.15, -0.1) is 0 Å². The summed E-state index contributed by atoms with van der Waals surface area (Å²) in [6.07, 6.45) is 0. The molecular weight excluding hydrogens is 526 g/mol. The van der Waals surface area contributed by atoms with Crippen LogP contribution in [0.25, 0.3) is 27.7 Å². The standard InChI is InChI=1S/C31H29N3O5S/c1-21(33(2)40(36,37)26-19-13-23(14-20-26)22-9-6-5-7-10-22)30-32-29-27(11-8-12-28(29)39-4)31(35)34(30)24-15-17-25(38-3)18-16-24/h5-21H,1-4H3. The number of ether oxygens (including phenoxy) is 2. The number of nitrogens with zero attached hydrogens (tertiary/aromatic N) is 3. The van der Waals surface area contributed by atoms with E-state index < -0.39 is 16.1 Å². The summed E-state index contributed by atoms with van der Waals surface area (Å²) in [4.78, 5) is 18.8. The van der Waals surface area contributed by atoms with E-state index in [1.807, 2.05) is 30.3 Å². The van der Waals surface area contributed by atoms with Crippen LogP contribution in [0.5, 0.6) is 11.5 Å². The first kappa shape index (κ1) is 27.1. The fraction of sp³-hybridized carbons (Fsp3) is 0.161. The monoisotopic (exact) mass is 555 g/mol. The average Bonchev–Trinajstić information content (AvgIpc) is 3.00. The van der Waals surface area contributed by atoms with E-state index in [0.717, 1.165) is 11.1 Å². The van der Waals surface area contributed by atoms with Crippen molar-refractivity contribution in [1.82, 2.24) is 13.9 Å². The number of benzene rings is 4. The lowest BCUT2D eigenvalue weighted by molar-refractivity contribution is 0.378. The highest BCUT2D eigenvalue weighted by molar-refractivity contribution is 7.89. The Morgan fingerprint density at radius 1 is 0.800 bits per heavy atom. The van der Waals surface area contributed by atoms with Crippen molar-refractivity contribution in [3.8, 4) is 28.3 Å². The summed E-state index contributed by atoms with van der Waals surface area (Å²) in [7, 11) is 0.603. The number of methoxy groups -OCH3 is 2. The molecule has 0 amide bonds. The van der Waals surface area contributed by atoms with Crippen molar-refractivity contribution < 1.29 is 17.9 Å². The van der Waals surface area contributed by atoms with Crippen molar-refractivity contribution in [2.45, 2.75) is 17.9 Å². The highest BCUT2D eigenvalue weighted by atomic mass is 32.2. The van der Waals surface area contributed by atoms with Crippen LogP contribution >= 0.6 is 0 Å². The Kier molecular flexibility index (Phi) is 7.42. The van der Waals surface area contributed by atoms with E-state index in [9.17, 15) is 13.2 Å². The Labute approximate surface area is 233 Å². The summed E-state index contributed by atoms with van der Waals surface area (Å²) in [6, 6.07) is 27.7. The van der Waals surface area contributed by atoms with E-state index in [1.165, 1.54) is 23.0 Å². The molecule has 0 saturated carbocycles. The van der Waals surface area contributed by atoms with Gasteiger partial charge in [0.15, 0.2) is 0 Å². The Hall–Kier alpha value is -4.47. The summed E-state index contributed by atoms with van der Waals surface area (Å²) in [5.41, 5.74) is 2.45. The van der Waals surface area contributed by atoms with Crippen LogP contribution in [0.3, 0.4) is 0 Å². The Morgan fingerprint density at radius 2 is 1.45 bits per heavy atom. The normalized spacial score (nSPS) is 12.4. The van der Waals surface area contributed by atoms with Crippen LogP contribution < -0.4 is 15.0 Å². The highest BCUT2D eigenvalue weighted by Crippen LogP contribution is 2.30. The molecule has 0 aliphatic rings. The Bertz CT molecular complexity index is 1820. The minimum atomic E-state index is -3.95. The number of hydrogen-bond acceptors (Lipinski definition) is 6. The first-order chi connectivity index (χ1) is 19.3. The van der Waals surface area contributed by atoms with Crippen LogP contribution in [0.2, 0.25) is 0 Å². The van der Waals surface area contributed by atoms with Crippen molar-refractivity contribution in [1.29, 1.82) is 0 Å². The SMILES string of the molecule is COc1ccc(-n2c(C(C)N(C)S(=O)(=O)c3ccc(-c4ccccc4)cc3)nc3c(OC)cccc3c2=O)cc1. The quantitative estimate of drug-likeness (QED) is 0.253. The second-order valence-corrected chi connectivity index (χ2v) is 11.3. The maximum absolute atomic E-state index is 13.9. The van der Waals surface area contributed by atoms with E-state index in [2.05, 4.69) is 0 Å². The molecule has 0 saturated heterocycles. The third-order valence-electron chi connectivity index (χ3n) is 7.00. The van der Waals surface area contributed by atoms with E-state index in [1.54, 1.807) is 80.8 Å². The summed E-state index contributed by atoms with van der Waals surface area (Å²) in [6.45, 7) is 1.71. The molecule has 5 rings (SSSR count). The van der Waals surface area contributed by atoms with Gasteiger partial charge in [-0.2, -0.15) is 4.31 Å². The first-order valence-electron chi connectivity index (χ1n) is 12.6. The topological polar surface area (TPSA) is 90.7 Å². The molecule has 1 aromatic heterocycles. The Morgan fingerprint density at radius 3 is 2.08 bits per heavy atom. The molecule has 0 spiro atoms. The lowest BCUT2D eigenvalue weighted by Gasteiger charge is -2.26. The number of hydrogen-bond donors (Lipinski definition) is 0. The van der Waals surface area contributed by atoms with Crippen LogP contribution in [0.4, 0.5) is 0 Å². The number of rotatable bonds is 8. The molecule has 0 radical (unpaired) electrons. The lowest BCUT2D eigenvalue weighted by Crippen LogP contribution is -2.35.